The van der Waals surface area contributed by atoms with Gasteiger partial charge in [0.2, 0.25) is 5.91 Å². The Morgan fingerprint density at radius 3 is 2.31 bits per heavy atom. The van der Waals surface area contributed by atoms with Gasteiger partial charge in [-0.2, -0.15) is 0 Å². The molecule has 4 heteroatoms. The van der Waals surface area contributed by atoms with Gasteiger partial charge in [0.05, 0.1) is 6.54 Å². The predicted octanol–water partition coefficient (Wildman–Crippen LogP) is 1.52. The second-order valence-electron chi connectivity index (χ2n) is 5.33. The lowest BCUT2D eigenvalue weighted by molar-refractivity contribution is -0.129. The van der Waals surface area contributed by atoms with E-state index in [1.807, 2.05) is 4.90 Å². The molecule has 1 N–H and O–H groups in total. The quantitative estimate of drug-likeness (QED) is 0.816. The van der Waals surface area contributed by atoms with Gasteiger partial charge in [-0.15, -0.1) is 12.4 Å². The van der Waals surface area contributed by atoms with Gasteiger partial charge in [-0.1, -0.05) is 13.8 Å². The highest BCUT2D eigenvalue weighted by molar-refractivity contribution is 5.85. The SMILES string of the molecule is CC1CN(C(=O)CNCC2CC2)CC1C.Cl. The molecule has 0 spiro atoms. The van der Waals surface area contributed by atoms with Crippen LogP contribution in [0.15, 0.2) is 0 Å². The van der Waals surface area contributed by atoms with Crippen molar-refractivity contribution in [2.24, 2.45) is 17.8 Å². The van der Waals surface area contributed by atoms with Crippen molar-refractivity contribution in [1.82, 2.24) is 10.2 Å². The lowest BCUT2D eigenvalue weighted by atomic mass is 10.0. The molecule has 2 unspecified atom stereocenters. The molecule has 1 aliphatic heterocycles. The summed E-state index contributed by atoms with van der Waals surface area (Å²) in [5.41, 5.74) is 0. The van der Waals surface area contributed by atoms with Crippen LogP contribution in [0.3, 0.4) is 0 Å². The van der Waals surface area contributed by atoms with Crippen molar-refractivity contribution in [3.05, 3.63) is 0 Å². The molecule has 3 nitrogen and oxygen atoms in total. The summed E-state index contributed by atoms with van der Waals surface area (Å²) in [7, 11) is 0. The van der Waals surface area contributed by atoms with Crippen molar-refractivity contribution in [2.75, 3.05) is 26.2 Å². The van der Waals surface area contributed by atoms with Gasteiger partial charge in [-0.3, -0.25) is 4.79 Å². The summed E-state index contributed by atoms with van der Waals surface area (Å²) in [6, 6.07) is 0. The number of hydrogen-bond acceptors (Lipinski definition) is 2. The minimum Gasteiger partial charge on any atom is -0.341 e. The number of likely N-dealkylation sites (tertiary alicyclic amines) is 1. The number of nitrogens with one attached hydrogen (secondary N) is 1. The molecule has 1 aliphatic carbocycles. The minimum atomic E-state index is 0. The van der Waals surface area contributed by atoms with E-state index < -0.39 is 0 Å². The molecule has 1 heterocycles. The molecule has 2 rings (SSSR count). The van der Waals surface area contributed by atoms with Crippen molar-refractivity contribution < 1.29 is 4.79 Å². The van der Waals surface area contributed by atoms with Gasteiger partial charge in [-0.05, 0) is 37.1 Å². The minimum absolute atomic E-state index is 0. The Morgan fingerprint density at radius 2 is 1.81 bits per heavy atom. The predicted molar refractivity (Wildman–Crippen MR) is 67.7 cm³/mol. The normalized spacial score (nSPS) is 29.0. The summed E-state index contributed by atoms with van der Waals surface area (Å²) < 4.78 is 0. The fourth-order valence-corrected chi connectivity index (χ4v) is 2.15. The summed E-state index contributed by atoms with van der Waals surface area (Å²) in [5, 5.41) is 3.26. The van der Waals surface area contributed by atoms with Crippen molar-refractivity contribution in [3.8, 4) is 0 Å². The highest BCUT2D eigenvalue weighted by Crippen LogP contribution is 2.27. The van der Waals surface area contributed by atoms with E-state index in [0.29, 0.717) is 18.4 Å². The van der Waals surface area contributed by atoms with Gasteiger partial charge in [0.25, 0.3) is 0 Å². The zero-order chi connectivity index (χ0) is 10.8. The molecule has 0 bridgehead atoms. The van der Waals surface area contributed by atoms with Crippen LogP contribution in [-0.4, -0.2) is 37.0 Å². The second kappa shape index (κ2) is 5.87. The largest absolute Gasteiger partial charge is 0.341 e. The van der Waals surface area contributed by atoms with E-state index in [2.05, 4.69) is 19.2 Å². The number of rotatable bonds is 4. The van der Waals surface area contributed by atoms with Gasteiger partial charge in [0.1, 0.15) is 0 Å². The maximum atomic E-state index is 11.8. The third-order valence-corrected chi connectivity index (χ3v) is 3.75. The van der Waals surface area contributed by atoms with Crippen LogP contribution in [0.25, 0.3) is 0 Å². The van der Waals surface area contributed by atoms with E-state index in [0.717, 1.165) is 25.6 Å². The van der Waals surface area contributed by atoms with Gasteiger partial charge in [0.15, 0.2) is 0 Å². The Balaban J connectivity index is 0.00000128. The first-order valence-corrected chi connectivity index (χ1v) is 6.15. The fourth-order valence-electron chi connectivity index (χ4n) is 2.15. The molecule has 0 aromatic heterocycles. The lowest BCUT2D eigenvalue weighted by Crippen LogP contribution is -2.37. The molecular weight excluding hydrogens is 224 g/mol. The molecule has 0 aromatic carbocycles. The first-order chi connectivity index (χ1) is 7.16. The first-order valence-electron chi connectivity index (χ1n) is 6.15. The number of halogens is 1. The molecule has 1 saturated heterocycles. The van der Waals surface area contributed by atoms with Gasteiger partial charge < -0.3 is 10.2 Å². The maximum Gasteiger partial charge on any atom is 0.236 e. The number of carbonyl (C=O) groups excluding carboxylic acids is 1. The lowest BCUT2D eigenvalue weighted by Gasteiger charge is -2.16. The van der Waals surface area contributed by atoms with Crippen LogP contribution in [-0.2, 0) is 4.79 Å². The summed E-state index contributed by atoms with van der Waals surface area (Å²) in [5.74, 6) is 2.47. The summed E-state index contributed by atoms with van der Waals surface area (Å²) in [6.45, 7) is 7.93. The number of nitrogens with zero attached hydrogens (tertiary/aromatic N) is 1. The zero-order valence-corrected chi connectivity index (χ0v) is 11.1. The Labute approximate surface area is 104 Å². The monoisotopic (exact) mass is 246 g/mol. The third-order valence-electron chi connectivity index (χ3n) is 3.75. The van der Waals surface area contributed by atoms with Gasteiger partial charge in [0, 0.05) is 13.1 Å². The standard InChI is InChI=1S/C12H22N2O.ClH/c1-9-7-14(8-10(9)2)12(15)6-13-5-11-3-4-11;/h9-11,13H,3-8H2,1-2H3;1H. The average molecular weight is 247 g/mol. The number of amides is 1. The van der Waals surface area contributed by atoms with Crippen molar-refractivity contribution in [3.63, 3.8) is 0 Å². The zero-order valence-electron chi connectivity index (χ0n) is 10.2. The number of hydrogen-bond donors (Lipinski definition) is 1. The summed E-state index contributed by atoms with van der Waals surface area (Å²) in [6.07, 6.45) is 2.69. The highest BCUT2D eigenvalue weighted by Gasteiger charge is 2.29. The Bertz CT molecular complexity index is 233. The van der Waals surface area contributed by atoms with E-state index in [-0.39, 0.29) is 18.3 Å². The fraction of sp³-hybridized carbons (Fsp3) is 0.917. The smallest absolute Gasteiger partial charge is 0.236 e. The van der Waals surface area contributed by atoms with Crippen LogP contribution >= 0.6 is 12.4 Å². The van der Waals surface area contributed by atoms with E-state index in [1.54, 1.807) is 0 Å². The molecule has 16 heavy (non-hydrogen) atoms. The molecule has 1 amide bonds. The molecule has 2 atom stereocenters. The van der Waals surface area contributed by atoms with Crippen LogP contribution in [0.2, 0.25) is 0 Å². The van der Waals surface area contributed by atoms with Gasteiger partial charge >= 0.3 is 0 Å². The number of carbonyl (C=O) groups is 1. The highest BCUT2D eigenvalue weighted by atomic mass is 35.5. The molecule has 2 aliphatic rings. The summed E-state index contributed by atoms with van der Waals surface area (Å²) in [4.78, 5) is 13.8. The molecule has 0 aromatic rings. The third kappa shape index (κ3) is 3.63. The van der Waals surface area contributed by atoms with Crippen molar-refractivity contribution in [2.45, 2.75) is 26.7 Å². The van der Waals surface area contributed by atoms with E-state index in [1.165, 1.54) is 12.8 Å². The van der Waals surface area contributed by atoms with Crippen molar-refractivity contribution >= 4 is 18.3 Å². The Kier molecular flexibility index (Phi) is 5.06. The second-order valence-corrected chi connectivity index (χ2v) is 5.33. The van der Waals surface area contributed by atoms with Crippen LogP contribution in [0, 0.1) is 17.8 Å². The van der Waals surface area contributed by atoms with Crippen LogP contribution in [0.1, 0.15) is 26.7 Å². The molecule has 1 saturated carbocycles. The molecule has 0 radical (unpaired) electrons. The van der Waals surface area contributed by atoms with E-state index in [4.69, 9.17) is 0 Å². The van der Waals surface area contributed by atoms with Crippen LogP contribution in [0.4, 0.5) is 0 Å². The summed E-state index contributed by atoms with van der Waals surface area (Å²) >= 11 is 0. The van der Waals surface area contributed by atoms with E-state index in [9.17, 15) is 4.79 Å². The Morgan fingerprint density at radius 1 is 1.25 bits per heavy atom. The topological polar surface area (TPSA) is 32.3 Å². The molecule has 94 valence electrons. The van der Waals surface area contributed by atoms with Gasteiger partial charge in [-0.25, -0.2) is 0 Å². The first kappa shape index (κ1) is 13.8. The molecule has 2 fully saturated rings. The van der Waals surface area contributed by atoms with E-state index >= 15 is 0 Å². The maximum absolute atomic E-state index is 11.8. The Hall–Kier alpha value is -0.280. The molecular formula is C12H23ClN2O. The van der Waals surface area contributed by atoms with Crippen LogP contribution < -0.4 is 5.32 Å². The van der Waals surface area contributed by atoms with Crippen LogP contribution in [0.5, 0.6) is 0 Å². The average Bonchev–Trinajstić information content (AvgIpc) is 2.94. The van der Waals surface area contributed by atoms with Crippen molar-refractivity contribution in [1.29, 1.82) is 0 Å².